The number of hydrogen-bond donors (Lipinski definition) is 1. The average Bonchev–Trinajstić information content (AvgIpc) is 3.16. The van der Waals surface area contributed by atoms with Crippen molar-refractivity contribution in [3.05, 3.63) is 65.2 Å². The van der Waals surface area contributed by atoms with E-state index in [4.69, 9.17) is 4.74 Å². The molecule has 4 aliphatic rings. The number of ether oxygens (including phenoxy) is 1. The van der Waals surface area contributed by atoms with Gasteiger partial charge in [-0.25, -0.2) is 0 Å². The minimum Gasteiger partial charge on any atom is -0.489 e. The van der Waals surface area contributed by atoms with Crippen molar-refractivity contribution in [2.45, 2.75) is 75.7 Å². The van der Waals surface area contributed by atoms with E-state index in [1.54, 1.807) is 4.90 Å². The lowest BCUT2D eigenvalue weighted by Crippen LogP contribution is -2.55. The van der Waals surface area contributed by atoms with Gasteiger partial charge in [-0.15, -0.1) is 0 Å². The summed E-state index contributed by atoms with van der Waals surface area (Å²) in [5, 5.41) is 2.36. The van der Waals surface area contributed by atoms with Crippen LogP contribution >= 0.6 is 0 Å². The Kier molecular flexibility index (Phi) is 5.80. The van der Waals surface area contributed by atoms with Crippen LogP contribution in [-0.4, -0.2) is 52.3 Å². The third kappa shape index (κ3) is 4.12. The van der Waals surface area contributed by atoms with E-state index < -0.39 is 6.04 Å². The molecule has 3 fully saturated rings. The van der Waals surface area contributed by atoms with Crippen molar-refractivity contribution in [2.75, 3.05) is 6.54 Å². The molecule has 1 N–H and O–H groups in total. The number of piperidine rings is 1. The Morgan fingerprint density at radius 3 is 2.49 bits per heavy atom. The van der Waals surface area contributed by atoms with Crippen molar-refractivity contribution in [1.82, 2.24) is 15.1 Å². The molecular weight excluding hydrogens is 442 g/mol. The highest BCUT2D eigenvalue weighted by atomic mass is 16.5. The summed E-state index contributed by atoms with van der Waals surface area (Å²) in [5.74, 6) is -0.0190. The number of carbonyl (C=O) groups excluding carboxylic acids is 3. The third-order valence-electron chi connectivity index (χ3n) is 8.12. The lowest BCUT2D eigenvalue weighted by Gasteiger charge is -2.50. The van der Waals surface area contributed by atoms with E-state index in [1.165, 1.54) is 18.4 Å². The number of nitrogens with zero attached hydrogens (tertiary/aromatic N) is 2. The van der Waals surface area contributed by atoms with E-state index in [0.29, 0.717) is 30.6 Å². The van der Waals surface area contributed by atoms with Gasteiger partial charge in [0.2, 0.25) is 11.8 Å². The molecule has 3 amide bonds. The standard InChI is InChI=1S/C28H31N3O4/c32-26-13-12-24(27(33)29-26)31-17-19-16-20(10-11-21(19)28(31)34)35-25-9-5-4-8-23(25)30-15-14-22(30)18-6-2-1-3-7-18/h1-3,6-7,10-11,16,22-25H,4-5,8-9,12-15,17H2,(H,29,32,33)/t22-,23-,24?,25+/m0/s1. The number of nitrogens with one attached hydrogen (secondary N) is 1. The van der Waals surface area contributed by atoms with Crippen LogP contribution < -0.4 is 10.1 Å². The third-order valence-corrected chi connectivity index (χ3v) is 8.12. The smallest absolute Gasteiger partial charge is 0.255 e. The van der Waals surface area contributed by atoms with Gasteiger partial charge >= 0.3 is 0 Å². The molecule has 7 heteroatoms. The zero-order valence-electron chi connectivity index (χ0n) is 19.8. The van der Waals surface area contributed by atoms with Crippen molar-refractivity contribution in [2.24, 2.45) is 0 Å². The maximum Gasteiger partial charge on any atom is 0.255 e. The van der Waals surface area contributed by atoms with Gasteiger partial charge in [0.05, 0.1) is 0 Å². The average molecular weight is 474 g/mol. The predicted molar refractivity (Wildman–Crippen MR) is 130 cm³/mol. The summed E-state index contributed by atoms with van der Waals surface area (Å²) in [6, 6.07) is 16.7. The number of rotatable bonds is 5. The number of hydrogen-bond acceptors (Lipinski definition) is 5. The van der Waals surface area contributed by atoms with Gasteiger partial charge in [0, 0.05) is 37.2 Å². The maximum absolute atomic E-state index is 13.0. The Labute approximate surface area is 205 Å². The summed E-state index contributed by atoms with van der Waals surface area (Å²) in [5.41, 5.74) is 2.89. The van der Waals surface area contributed by atoms with Gasteiger partial charge in [0.15, 0.2) is 0 Å². The van der Waals surface area contributed by atoms with E-state index in [2.05, 4.69) is 40.5 Å². The van der Waals surface area contributed by atoms with Crippen molar-refractivity contribution in [3.8, 4) is 5.75 Å². The van der Waals surface area contributed by atoms with Gasteiger partial charge in [0.1, 0.15) is 17.9 Å². The molecule has 0 radical (unpaired) electrons. The van der Waals surface area contributed by atoms with Crippen molar-refractivity contribution < 1.29 is 19.1 Å². The lowest BCUT2D eigenvalue weighted by atomic mass is 9.85. The first-order valence-corrected chi connectivity index (χ1v) is 12.8. The van der Waals surface area contributed by atoms with Gasteiger partial charge in [0.25, 0.3) is 5.91 Å². The Hall–Kier alpha value is -3.19. The maximum atomic E-state index is 13.0. The van der Waals surface area contributed by atoms with E-state index in [1.807, 2.05) is 18.2 Å². The largest absolute Gasteiger partial charge is 0.489 e. The minimum atomic E-state index is -0.596. The van der Waals surface area contributed by atoms with Gasteiger partial charge in [-0.05, 0) is 61.4 Å². The molecule has 1 saturated carbocycles. The highest BCUT2D eigenvalue weighted by molar-refractivity contribution is 6.05. The van der Waals surface area contributed by atoms with Crippen LogP contribution in [0.5, 0.6) is 5.75 Å². The summed E-state index contributed by atoms with van der Waals surface area (Å²) in [7, 11) is 0. The fraction of sp³-hybridized carbons (Fsp3) is 0.464. The van der Waals surface area contributed by atoms with Crippen LogP contribution in [0.3, 0.4) is 0 Å². The zero-order chi connectivity index (χ0) is 23.9. The van der Waals surface area contributed by atoms with Gasteiger partial charge < -0.3 is 9.64 Å². The summed E-state index contributed by atoms with van der Waals surface area (Å²) in [4.78, 5) is 41.0. The van der Waals surface area contributed by atoms with Crippen LogP contribution in [0.1, 0.15) is 72.5 Å². The summed E-state index contributed by atoms with van der Waals surface area (Å²) in [6.45, 7) is 1.47. The number of imide groups is 1. The number of fused-ring (bicyclic) bond motifs is 1. The topological polar surface area (TPSA) is 79.0 Å². The van der Waals surface area contributed by atoms with Crippen molar-refractivity contribution in [3.63, 3.8) is 0 Å². The Bertz CT molecular complexity index is 1150. The van der Waals surface area contributed by atoms with Crippen LogP contribution in [0, 0.1) is 0 Å². The second-order valence-corrected chi connectivity index (χ2v) is 10.2. The molecule has 3 heterocycles. The number of carbonyl (C=O) groups is 3. The fourth-order valence-electron chi connectivity index (χ4n) is 6.23. The second kappa shape index (κ2) is 9.11. The molecule has 1 unspecified atom stereocenters. The Morgan fingerprint density at radius 2 is 1.71 bits per heavy atom. The van der Waals surface area contributed by atoms with Gasteiger partial charge in [-0.1, -0.05) is 36.8 Å². The molecule has 3 aliphatic heterocycles. The quantitative estimate of drug-likeness (QED) is 0.672. The van der Waals surface area contributed by atoms with Crippen LogP contribution in [-0.2, 0) is 16.1 Å². The molecule has 182 valence electrons. The van der Waals surface area contributed by atoms with E-state index in [0.717, 1.165) is 37.1 Å². The zero-order valence-corrected chi connectivity index (χ0v) is 19.8. The van der Waals surface area contributed by atoms with Crippen molar-refractivity contribution >= 4 is 17.7 Å². The van der Waals surface area contributed by atoms with Gasteiger partial charge in [-0.3, -0.25) is 24.6 Å². The van der Waals surface area contributed by atoms with E-state index >= 15 is 0 Å². The summed E-state index contributed by atoms with van der Waals surface area (Å²) in [6.07, 6.45) is 6.49. The minimum absolute atomic E-state index is 0.122. The predicted octanol–water partition coefficient (Wildman–Crippen LogP) is 3.58. The number of amides is 3. The molecule has 0 bridgehead atoms. The number of benzene rings is 2. The first-order valence-electron chi connectivity index (χ1n) is 12.8. The van der Waals surface area contributed by atoms with Crippen LogP contribution in [0.2, 0.25) is 0 Å². The van der Waals surface area contributed by atoms with Crippen LogP contribution in [0.25, 0.3) is 0 Å². The molecular formula is C28H31N3O4. The normalized spacial score (nSPS) is 28.9. The number of likely N-dealkylation sites (tertiary alicyclic amines) is 1. The molecule has 2 aromatic carbocycles. The molecule has 0 aromatic heterocycles. The fourth-order valence-corrected chi connectivity index (χ4v) is 6.23. The molecule has 2 saturated heterocycles. The Morgan fingerprint density at radius 1 is 0.886 bits per heavy atom. The highest BCUT2D eigenvalue weighted by Gasteiger charge is 2.42. The SMILES string of the molecule is O=C1CCC(N2Cc3cc(O[C@@H]4CCCC[C@@H]4N4CC[C@H]4c4ccccc4)ccc3C2=O)C(=O)N1. The molecule has 7 nitrogen and oxygen atoms in total. The molecule has 2 aromatic rings. The first-order chi connectivity index (χ1) is 17.1. The van der Waals surface area contributed by atoms with E-state index in [-0.39, 0.29) is 30.2 Å². The molecule has 35 heavy (non-hydrogen) atoms. The lowest BCUT2D eigenvalue weighted by molar-refractivity contribution is -0.136. The Balaban J connectivity index is 1.17. The molecule has 0 spiro atoms. The summed E-state index contributed by atoms with van der Waals surface area (Å²) < 4.78 is 6.59. The van der Waals surface area contributed by atoms with Crippen LogP contribution in [0.4, 0.5) is 0 Å². The second-order valence-electron chi connectivity index (χ2n) is 10.2. The monoisotopic (exact) mass is 473 g/mol. The molecule has 4 atom stereocenters. The first kappa shape index (κ1) is 22.3. The van der Waals surface area contributed by atoms with Crippen LogP contribution in [0.15, 0.2) is 48.5 Å². The van der Waals surface area contributed by atoms with Gasteiger partial charge in [-0.2, -0.15) is 0 Å². The van der Waals surface area contributed by atoms with Crippen molar-refractivity contribution in [1.29, 1.82) is 0 Å². The molecule has 6 rings (SSSR count). The summed E-state index contributed by atoms with van der Waals surface area (Å²) >= 11 is 0. The highest BCUT2D eigenvalue weighted by Crippen LogP contribution is 2.40. The van der Waals surface area contributed by atoms with E-state index in [9.17, 15) is 14.4 Å². The molecule has 1 aliphatic carbocycles.